The van der Waals surface area contributed by atoms with Crippen molar-refractivity contribution in [3.8, 4) is 0 Å². The molecule has 0 bridgehead atoms. The van der Waals surface area contributed by atoms with Crippen LogP contribution in [0.15, 0.2) is 0 Å². The summed E-state index contributed by atoms with van der Waals surface area (Å²) in [4.78, 5) is 11.5. The Morgan fingerprint density at radius 1 is 1.00 bits per heavy atom. The second kappa shape index (κ2) is 6.46. The fourth-order valence-corrected chi connectivity index (χ4v) is 5.36. The van der Waals surface area contributed by atoms with E-state index in [1.54, 1.807) is 0 Å². The molecule has 2 rings (SSSR count). The molecule has 4 atom stereocenters. The summed E-state index contributed by atoms with van der Waals surface area (Å²) >= 11 is 0. The Bertz CT molecular complexity index is 443. The summed E-state index contributed by atoms with van der Waals surface area (Å²) < 4.78 is 23.6. The molecule has 116 valence electrons. The molecular formula is C15H26O4S. The minimum Gasteiger partial charge on any atom is -0.481 e. The van der Waals surface area contributed by atoms with Crippen molar-refractivity contribution < 1.29 is 18.3 Å². The molecule has 5 heteroatoms. The molecule has 2 aliphatic rings. The first-order valence-electron chi connectivity index (χ1n) is 7.81. The molecule has 2 saturated carbocycles. The summed E-state index contributed by atoms with van der Waals surface area (Å²) in [5, 5.41) is 9.22. The first-order chi connectivity index (χ1) is 9.39. The van der Waals surface area contributed by atoms with Crippen LogP contribution < -0.4 is 0 Å². The van der Waals surface area contributed by atoms with Gasteiger partial charge >= 0.3 is 5.97 Å². The summed E-state index contributed by atoms with van der Waals surface area (Å²) in [6.45, 7) is 0. The zero-order valence-electron chi connectivity index (χ0n) is 12.3. The molecular weight excluding hydrogens is 276 g/mol. The van der Waals surface area contributed by atoms with Gasteiger partial charge < -0.3 is 5.11 Å². The van der Waals surface area contributed by atoms with E-state index in [0.29, 0.717) is 6.42 Å². The van der Waals surface area contributed by atoms with E-state index in [1.165, 1.54) is 6.26 Å². The number of carboxylic acid groups (broad SMARTS) is 1. The maximum atomic E-state index is 11.8. The van der Waals surface area contributed by atoms with E-state index < -0.39 is 15.8 Å². The van der Waals surface area contributed by atoms with E-state index in [2.05, 4.69) is 0 Å². The topological polar surface area (TPSA) is 71.4 Å². The molecule has 4 nitrogen and oxygen atoms in total. The minimum absolute atomic E-state index is 0.180. The Hall–Kier alpha value is -0.580. The van der Waals surface area contributed by atoms with Gasteiger partial charge in [0.1, 0.15) is 9.84 Å². The van der Waals surface area contributed by atoms with Crippen molar-refractivity contribution in [1.29, 1.82) is 0 Å². The molecule has 0 amide bonds. The predicted octanol–water partition coefficient (Wildman–Crippen LogP) is 2.87. The monoisotopic (exact) mass is 302 g/mol. The summed E-state index contributed by atoms with van der Waals surface area (Å²) in [7, 11) is -2.99. The highest BCUT2D eigenvalue weighted by Gasteiger charge is 2.39. The van der Waals surface area contributed by atoms with Gasteiger partial charge in [0, 0.05) is 6.26 Å². The van der Waals surface area contributed by atoms with Crippen molar-refractivity contribution in [2.45, 2.75) is 63.0 Å². The Labute approximate surface area is 121 Å². The van der Waals surface area contributed by atoms with Crippen molar-refractivity contribution in [3.63, 3.8) is 0 Å². The molecule has 0 aromatic carbocycles. The largest absolute Gasteiger partial charge is 0.481 e. The first kappa shape index (κ1) is 15.8. The van der Waals surface area contributed by atoms with Crippen LogP contribution in [-0.2, 0) is 14.6 Å². The van der Waals surface area contributed by atoms with Crippen LogP contribution in [0.25, 0.3) is 0 Å². The first-order valence-corrected chi connectivity index (χ1v) is 9.76. The molecule has 4 unspecified atom stereocenters. The van der Waals surface area contributed by atoms with E-state index in [4.69, 9.17) is 0 Å². The standard InChI is InChI=1S/C15H26O4S/c1-20(18,19)12-7-5-6-11(10-12)13-8-3-2-4-9-14(13)15(16)17/h11-14H,2-10H2,1H3,(H,16,17). The third kappa shape index (κ3) is 3.74. The zero-order chi connectivity index (χ0) is 14.8. The molecule has 1 N–H and O–H groups in total. The maximum absolute atomic E-state index is 11.8. The number of hydrogen-bond acceptors (Lipinski definition) is 3. The van der Waals surface area contributed by atoms with Gasteiger partial charge in [-0.1, -0.05) is 32.1 Å². The van der Waals surface area contributed by atoms with E-state index in [1.807, 2.05) is 0 Å². The van der Waals surface area contributed by atoms with Gasteiger partial charge in [0.2, 0.25) is 0 Å². The molecule has 2 aliphatic carbocycles. The summed E-state index contributed by atoms with van der Waals surface area (Å²) in [5.41, 5.74) is 0. The van der Waals surface area contributed by atoms with Crippen molar-refractivity contribution in [2.75, 3.05) is 6.26 Å². The lowest BCUT2D eigenvalue weighted by molar-refractivity contribution is -0.145. The smallest absolute Gasteiger partial charge is 0.306 e. The summed E-state index contributed by atoms with van der Waals surface area (Å²) in [6.07, 6.45) is 9.59. The Balaban J connectivity index is 2.12. The van der Waals surface area contributed by atoms with Crippen molar-refractivity contribution in [1.82, 2.24) is 0 Å². The van der Waals surface area contributed by atoms with E-state index in [9.17, 15) is 18.3 Å². The lowest BCUT2D eigenvalue weighted by Gasteiger charge is -2.36. The van der Waals surface area contributed by atoms with Crippen LogP contribution in [0, 0.1) is 17.8 Å². The number of sulfone groups is 1. The van der Waals surface area contributed by atoms with E-state index >= 15 is 0 Å². The fourth-order valence-electron chi connectivity index (χ4n) is 4.17. The normalized spacial score (nSPS) is 36.2. The van der Waals surface area contributed by atoms with Crippen molar-refractivity contribution >= 4 is 15.8 Å². The number of carbonyl (C=O) groups is 1. The molecule has 0 aromatic rings. The Morgan fingerprint density at radius 2 is 1.70 bits per heavy atom. The number of aliphatic carboxylic acids is 1. The number of rotatable bonds is 3. The highest BCUT2D eigenvalue weighted by Crippen LogP contribution is 2.42. The third-order valence-corrected chi connectivity index (χ3v) is 6.90. The SMILES string of the molecule is CS(=O)(=O)C1CCCC(C2CCCCCC2C(=O)O)C1. The second-order valence-electron chi connectivity index (χ2n) is 6.62. The molecule has 2 fully saturated rings. The third-order valence-electron chi connectivity index (χ3n) is 5.26. The van der Waals surface area contributed by atoms with Gasteiger partial charge in [-0.15, -0.1) is 0 Å². The predicted molar refractivity (Wildman–Crippen MR) is 78.3 cm³/mol. The molecule has 0 heterocycles. The highest BCUT2D eigenvalue weighted by atomic mass is 32.2. The summed E-state index contributed by atoms with van der Waals surface area (Å²) in [6, 6.07) is 0. The van der Waals surface area contributed by atoms with Gasteiger partial charge in [-0.25, -0.2) is 8.42 Å². The molecule has 0 radical (unpaired) electrons. The fraction of sp³-hybridized carbons (Fsp3) is 0.933. The van der Waals surface area contributed by atoms with E-state index in [0.717, 1.165) is 51.4 Å². The Morgan fingerprint density at radius 3 is 2.35 bits per heavy atom. The number of carboxylic acids is 1. The quantitative estimate of drug-likeness (QED) is 0.814. The van der Waals surface area contributed by atoms with Crippen LogP contribution in [-0.4, -0.2) is 31.0 Å². The average molecular weight is 302 g/mol. The highest BCUT2D eigenvalue weighted by molar-refractivity contribution is 7.91. The lowest BCUT2D eigenvalue weighted by atomic mass is 9.72. The van der Waals surface area contributed by atoms with Gasteiger partial charge in [0.05, 0.1) is 11.2 Å². The number of hydrogen-bond donors (Lipinski definition) is 1. The van der Waals surface area contributed by atoms with Gasteiger partial charge in [-0.05, 0) is 37.5 Å². The Kier molecular flexibility index (Phi) is 5.10. The van der Waals surface area contributed by atoms with Crippen molar-refractivity contribution in [3.05, 3.63) is 0 Å². The summed E-state index contributed by atoms with van der Waals surface area (Å²) in [5.74, 6) is -0.485. The second-order valence-corrected chi connectivity index (χ2v) is 8.95. The lowest BCUT2D eigenvalue weighted by Crippen LogP contribution is -2.35. The average Bonchev–Trinajstić information content (AvgIpc) is 2.63. The van der Waals surface area contributed by atoms with Crippen LogP contribution in [0.2, 0.25) is 0 Å². The van der Waals surface area contributed by atoms with E-state index in [-0.39, 0.29) is 23.0 Å². The molecule has 0 saturated heterocycles. The van der Waals surface area contributed by atoms with Gasteiger partial charge in [0.15, 0.2) is 0 Å². The molecule has 0 aliphatic heterocycles. The molecule has 0 aromatic heterocycles. The maximum Gasteiger partial charge on any atom is 0.306 e. The van der Waals surface area contributed by atoms with Crippen LogP contribution in [0.1, 0.15) is 57.8 Å². The van der Waals surface area contributed by atoms with Gasteiger partial charge in [-0.3, -0.25) is 4.79 Å². The van der Waals surface area contributed by atoms with Gasteiger partial charge in [-0.2, -0.15) is 0 Å². The minimum atomic E-state index is -2.99. The zero-order valence-corrected chi connectivity index (χ0v) is 13.1. The van der Waals surface area contributed by atoms with Crippen LogP contribution in [0.4, 0.5) is 0 Å². The van der Waals surface area contributed by atoms with Crippen molar-refractivity contribution in [2.24, 2.45) is 17.8 Å². The molecule has 20 heavy (non-hydrogen) atoms. The van der Waals surface area contributed by atoms with Gasteiger partial charge in [0.25, 0.3) is 0 Å². The molecule has 0 spiro atoms. The van der Waals surface area contributed by atoms with Crippen LogP contribution >= 0.6 is 0 Å². The van der Waals surface area contributed by atoms with Crippen LogP contribution in [0.3, 0.4) is 0 Å². The van der Waals surface area contributed by atoms with Crippen LogP contribution in [0.5, 0.6) is 0 Å².